The maximum Gasteiger partial charge on any atom is 0.255 e. The van der Waals surface area contributed by atoms with Crippen molar-refractivity contribution in [1.82, 2.24) is 10.2 Å². The molecule has 1 aliphatic carbocycles. The van der Waals surface area contributed by atoms with Gasteiger partial charge in [0.2, 0.25) is 5.91 Å². The molecular formula is C24H36N2O4S2. The molecule has 0 aromatic heterocycles. The van der Waals surface area contributed by atoms with E-state index in [1.807, 2.05) is 25.1 Å². The average Bonchev–Trinajstić information content (AvgIpc) is 3.11. The van der Waals surface area contributed by atoms with Gasteiger partial charge in [0, 0.05) is 23.5 Å². The first-order chi connectivity index (χ1) is 15.4. The van der Waals surface area contributed by atoms with E-state index in [0.717, 1.165) is 24.2 Å². The second-order valence-corrected chi connectivity index (χ2v) is 12.2. The van der Waals surface area contributed by atoms with E-state index in [-0.39, 0.29) is 41.2 Å². The Kier molecular flexibility index (Phi) is 9.46. The van der Waals surface area contributed by atoms with Crippen LogP contribution in [-0.2, 0) is 14.6 Å². The number of benzene rings is 1. The highest BCUT2D eigenvalue weighted by Crippen LogP contribution is 2.27. The number of amides is 2. The Hall–Kier alpha value is -1.54. The predicted octanol–water partition coefficient (Wildman–Crippen LogP) is 4.05. The van der Waals surface area contributed by atoms with Crippen LogP contribution in [0.4, 0.5) is 0 Å². The Labute approximate surface area is 196 Å². The summed E-state index contributed by atoms with van der Waals surface area (Å²) < 4.78 is 23.9. The van der Waals surface area contributed by atoms with Gasteiger partial charge in [-0.15, -0.1) is 11.8 Å². The summed E-state index contributed by atoms with van der Waals surface area (Å²) in [5.74, 6) is 0.320. The number of nitrogens with one attached hydrogen (secondary N) is 1. The lowest BCUT2D eigenvalue weighted by atomic mass is 9.97. The molecular weight excluding hydrogens is 444 g/mol. The zero-order chi connectivity index (χ0) is 23.0. The summed E-state index contributed by atoms with van der Waals surface area (Å²) in [6.45, 7) is 2.52. The molecule has 1 N–H and O–H groups in total. The Morgan fingerprint density at radius 3 is 2.41 bits per heavy atom. The molecule has 0 radical (unpaired) electrons. The number of nitrogens with zero attached hydrogens (tertiary/aromatic N) is 1. The van der Waals surface area contributed by atoms with Gasteiger partial charge in [0.25, 0.3) is 5.91 Å². The normalized spacial score (nSPS) is 21.5. The summed E-state index contributed by atoms with van der Waals surface area (Å²) in [6, 6.07) is 7.33. The fourth-order valence-corrected chi connectivity index (χ4v) is 7.24. The molecule has 2 amide bonds. The molecule has 1 atom stereocenters. The minimum absolute atomic E-state index is 0.00938. The molecule has 0 spiro atoms. The minimum Gasteiger partial charge on any atom is -0.353 e. The van der Waals surface area contributed by atoms with Gasteiger partial charge in [-0.05, 0) is 37.8 Å². The summed E-state index contributed by atoms with van der Waals surface area (Å²) in [5.41, 5.74) is 0.550. The van der Waals surface area contributed by atoms with Gasteiger partial charge in [-0.2, -0.15) is 0 Å². The quantitative estimate of drug-likeness (QED) is 0.568. The van der Waals surface area contributed by atoms with Crippen LogP contribution < -0.4 is 5.32 Å². The molecule has 1 saturated heterocycles. The van der Waals surface area contributed by atoms with Gasteiger partial charge >= 0.3 is 0 Å². The van der Waals surface area contributed by atoms with E-state index >= 15 is 0 Å². The predicted molar refractivity (Wildman–Crippen MR) is 130 cm³/mol. The number of thioether (sulfide) groups is 1. The van der Waals surface area contributed by atoms with E-state index < -0.39 is 9.84 Å². The van der Waals surface area contributed by atoms with Gasteiger partial charge in [-0.3, -0.25) is 9.59 Å². The van der Waals surface area contributed by atoms with Crippen molar-refractivity contribution in [2.45, 2.75) is 81.7 Å². The second-order valence-electron chi connectivity index (χ2n) is 8.95. The lowest BCUT2D eigenvalue weighted by Gasteiger charge is -2.28. The van der Waals surface area contributed by atoms with Gasteiger partial charge in [0.05, 0.1) is 22.8 Å². The lowest BCUT2D eigenvalue weighted by Crippen LogP contribution is -2.41. The molecule has 1 heterocycles. The Morgan fingerprint density at radius 1 is 1.06 bits per heavy atom. The van der Waals surface area contributed by atoms with Gasteiger partial charge < -0.3 is 10.2 Å². The van der Waals surface area contributed by atoms with Gasteiger partial charge in [0.15, 0.2) is 9.84 Å². The van der Waals surface area contributed by atoms with Crippen molar-refractivity contribution in [2.75, 3.05) is 23.8 Å². The number of carbonyl (C=O) groups excluding carboxylic acids is 2. The molecule has 178 valence electrons. The third-order valence-electron chi connectivity index (χ3n) is 6.32. The van der Waals surface area contributed by atoms with Crippen molar-refractivity contribution in [3.05, 3.63) is 29.8 Å². The zero-order valence-corrected chi connectivity index (χ0v) is 20.7. The number of rotatable bonds is 8. The maximum atomic E-state index is 13.4. The zero-order valence-electron chi connectivity index (χ0n) is 19.1. The highest BCUT2D eigenvalue weighted by Gasteiger charge is 2.35. The Balaban J connectivity index is 1.63. The maximum absolute atomic E-state index is 13.4. The van der Waals surface area contributed by atoms with Crippen LogP contribution in [0.3, 0.4) is 0 Å². The smallest absolute Gasteiger partial charge is 0.255 e. The minimum atomic E-state index is -3.08. The van der Waals surface area contributed by atoms with Gasteiger partial charge in [-0.25, -0.2) is 8.42 Å². The average molecular weight is 481 g/mol. The van der Waals surface area contributed by atoms with E-state index in [1.165, 1.54) is 43.9 Å². The monoisotopic (exact) mass is 480 g/mol. The summed E-state index contributed by atoms with van der Waals surface area (Å²) in [7, 11) is -3.08. The van der Waals surface area contributed by atoms with Crippen LogP contribution in [0, 0.1) is 0 Å². The van der Waals surface area contributed by atoms with E-state index in [9.17, 15) is 18.0 Å². The van der Waals surface area contributed by atoms with Crippen molar-refractivity contribution in [3.63, 3.8) is 0 Å². The molecule has 32 heavy (non-hydrogen) atoms. The van der Waals surface area contributed by atoms with Crippen molar-refractivity contribution in [3.8, 4) is 0 Å². The molecule has 2 fully saturated rings. The molecule has 8 heteroatoms. The Morgan fingerprint density at radius 2 is 1.75 bits per heavy atom. The molecule has 1 saturated carbocycles. The topological polar surface area (TPSA) is 83.6 Å². The molecule has 0 bridgehead atoms. The van der Waals surface area contributed by atoms with Crippen LogP contribution >= 0.6 is 11.8 Å². The third kappa shape index (κ3) is 7.24. The molecule has 3 rings (SSSR count). The molecule has 1 aromatic carbocycles. The van der Waals surface area contributed by atoms with E-state index in [4.69, 9.17) is 0 Å². The summed E-state index contributed by atoms with van der Waals surface area (Å²) in [6.07, 6.45) is 9.46. The van der Waals surface area contributed by atoms with Crippen LogP contribution in [0.1, 0.15) is 75.1 Å². The summed E-state index contributed by atoms with van der Waals surface area (Å²) in [5, 5.41) is 3.18. The number of sulfone groups is 1. The first kappa shape index (κ1) is 25.1. The Bertz CT molecular complexity index is 880. The van der Waals surface area contributed by atoms with Crippen molar-refractivity contribution >= 4 is 33.4 Å². The first-order valence-electron chi connectivity index (χ1n) is 11.9. The van der Waals surface area contributed by atoms with Crippen LogP contribution in [0.5, 0.6) is 0 Å². The lowest BCUT2D eigenvalue weighted by molar-refractivity contribution is -0.119. The summed E-state index contributed by atoms with van der Waals surface area (Å²) in [4.78, 5) is 28.5. The summed E-state index contributed by atoms with van der Waals surface area (Å²) >= 11 is 1.38. The first-order valence-corrected chi connectivity index (χ1v) is 14.7. The molecule has 2 aliphatic rings. The molecule has 1 unspecified atom stereocenters. The highest BCUT2D eigenvalue weighted by atomic mass is 32.2. The van der Waals surface area contributed by atoms with Crippen molar-refractivity contribution in [2.24, 2.45) is 0 Å². The van der Waals surface area contributed by atoms with Crippen LogP contribution in [-0.4, -0.2) is 61.0 Å². The largest absolute Gasteiger partial charge is 0.353 e. The standard InChI is InChI=1S/C24H36N2O4S2/c1-2-15-26(20-14-16-32(29,30)18-20)24(28)21-12-8-9-13-22(21)31-17-23(27)25-19-10-6-4-3-5-7-11-19/h8-9,12-13,19-20H,2-7,10-11,14-18H2,1H3,(H,25,27). The fraction of sp³-hybridized carbons (Fsp3) is 0.667. The van der Waals surface area contributed by atoms with E-state index in [0.29, 0.717) is 18.5 Å². The van der Waals surface area contributed by atoms with E-state index in [2.05, 4.69) is 5.32 Å². The molecule has 1 aliphatic heterocycles. The second kappa shape index (κ2) is 12.1. The van der Waals surface area contributed by atoms with Crippen LogP contribution in [0.25, 0.3) is 0 Å². The van der Waals surface area contributed by atoms with Crippen LogP contribution in [0.15, 0.2) is 29.2 Å². The van der Waals surface area contributed by atoms with Crippen molar-refractivity contribution < 1.29 is 18.0 Å². The SMILES string of the molecule is CCCN(C(=O)c1ccccc1SCC(=O)NC1CCCCCCC1)C1CCS(=O)(=O)C1. The van der Waals surface area contributed by atoms with Gasteiger partial charge in [0.1, 0.15) is 0 Å². The number of hydrogen-bond acceptors (Lipinski definition) is 5. The fourth-order valence-electron chi connectivity index (χ4n) is 4.65. The molecule has 6 nitrogen and oxygen atoms in total. The third-order valence-corrected chi connectivity index (χ3v) is 9.14. The number of carbonyl (C=O) groups is 2. The highest BCUT2D eigenvalue weighted by molar-refractivity contribution is 8.00. The molecule has 1 aromatic rings. The van der Waals surface area contributed by atoms with E-state index in [1.54, 1.807) is 11.0 Å². The van der Waals surface area contributed by atoms with Crippen LogP contribution in [0.2, 0.25) is 0 Å². The van der Waals surface area contributed by atoms with Gasteiger partial charge in [-0.1, -0.05) is 51.2 Å². The van der Waals surface area contributed by atoms with Crippen molar-refractivity contribution in [1.29, 1.82) is 0 Å². The number of hydrogen-bond donors (Lipinski definition) is 1.